The van der Waals surface area contributed by atoms with Gasteiger partial charge < -0.3 is 15.2 Å². The number of ether oxygens (including phenoxy) is 2. The molecule has 4 aromatic rings. The zero-order valence-electron chi connectivity index (χ0n) is 39.3. The van der Waals surface area contributed by atoms with Crippen molar-refractivity contribution in [3.05, 3.63) is 95.1 Å². The van der Waals surface area contributed by atoms with Gasteiger partial charge in [-0.05, 0) is 84.2 Å². The number of amides is 3. The fraction of sp³-hybridized carbons (Fsp3) is 0.458. The number of hydrogen-bond donors (Lipinski definition) is 1. The molecule has 2 fully saturated rings. The van der Waals surface area contributed by atoms with Crippen LogP contribution in [0.4, 0.5) is 44.7 Å². The predicted molar refractivity (Wildman–Crippen MR) is 237 cm³/mol. The van der Waals surface area contributed by atoms with E-state index in [0.717, 1.165) is 40.4 Å². The molecule has 4 aromatic heterocycles. The topological polar surface area (TPSA) is 212 Å². The van der Waals surface area contributed by atoms with E-state index in [1.807, 2.05) is 6.07 Å². The number of nitrogens with zero attached hydrogens (tertiary/aromatic N) is 7. The van der Waals surface area contributed by atoms with E-state index in [2.05, 4.69) is 19.9 Å². The van der Waals surface area contributed by atoms with E-state index in [1.165, 1.54) is 30.6 Å². The number of nitriles is 1. The number of rotatable bonds is 11. The zero-order valence-corrected chi connectivity index (χ0v) is 39.3. The lowest BCUT2D eigenvalue weighted by atomic mass is 9.99. The molecule has 6 rings (SSSR count). The normalized spacial score (nSPS) is 18.3. The quantitative estimate of drug-likeness (QED) is 0.140. The SMILES string of the molecule is CC(C)(C)OC(=O)N1C[C@H](F)CC1C(=O)CCc1cc(-c2ccc(C(F)(F)F)nc2)c(C#N)cn1.CC(C)(C)OC(=O)N1C[C@H](F)CC1C(=O)CCc1cc(-c2ccc(C(F)(F)F)nc2)c(C(N)=O)cn1. The molecule has 2 aliphatic rings. The van der Waals surface area contributed by atoms with Crippen LogP contribution in [0.1, 0.15) is 106 Å². The highest BCUT2D eigenvalue weighted by Crippen LogP contribution is 2.33. The van der Waals surface area contributed by atoms with Crippen LogP contribution in [-0.4, -0.2) is 108 Å². The van der Waals surface area contributed by atoms with Crippen molar-refractivity contribution in [3.8, 4) is 28.3 Å². The van der Waals surface area contributed by atoms with Crippen LogP contribution in [0.3, 0.4) is 0 Å². The number of primary amides is 1. The van der Waals surface area contributed by atoms with Gasteiger partial charge in [-0.3, -0.25) is 44.1 Å². The third kappa shape index (κ3) is 14.9. The number of halogens is 8. The molecular formula is C48H50F8N8O7. The van der Waals surface area contributed by atoms with Gasteiger partial charge in [0, 0.05) is 78.5 Å². The highest BCUT2D eigenvalue weighted by atomic mass is 19.4. The molecule has 3 amide bonds. The van der Waals surface area contributed by atoms with E-state index >= 15 is 0 Å². The van der Waals surface area contributed by atoms with Gasteiger partial charge in [0.1, 0.15) is 41.0 Å². The smallest absolute Gasteiger partial charge is 0.433 e. The number of ketones is 2. The molecular weight excluding hydrogens is 953 g/mol. The van der Waals surface area contributed by atoms with E-state index in [-0.39, 0.29) is 91.0 Å². The van der Waals surface area contributed by atoms with Crippen molar-refractivity contribution in [2.75, 3.05) is 13.1 Å². The Morgan fingerprint density at radius 3 is 1.42 bits per heavy atom. The van der Waals surface area contributed by atoms with Gasteiger partial charge in [0.25, 0.3) is 5.91 Å². The Morgan fingerprint density at radius 1 is 0.648 bits per heavy atom. The minimum Gasteiger partial charge on any atom is -0.444 e. The number of hydrogen-bond acceptors (Lipinski definition) is 12. The third-order valence-corrected chi connectivity index (χ3v) is 10.8. The lowest BCUT2D eigenvalue weighted by molar-refractivity contribution is -0.141. The minimum absolute atomic E-state index is 0.0289. The first-order chi connectivity index (χ1) is 32.9. The molecule has 23 heteroatoms. The average Bonchev–Trinajstić information content (AvgIpc) is 3.88. The number of aryl methyl sites for hydroxylation is 2. The number of nitrogens with two attached hydrogens (primary N) is 1. The van der Waals surface area contributed by atoms with Gasteiger partial charge in [0.15, 0.2) is 11.6 Å². The van der Waals surface area contributed by atoms with Gasteiger partial charge in [-0.25, -0.2) is 18.4 Å². The average molecular weight is 1000 g/mol. The highest BCUT2D eigenvalue weighted by Gasteiger charge is 2.43. The Balaban J connectivity index is 0.000000264. The van der Waals surface area contributed by atoms with Crippen molar-refractivity contribution < 1.29 is 68.6 Å². The molecule has 2 saturated heterocycles. The van der Waals surface area contributed by atoms with E-state index < -0.39 is 77.5 Å². The molecule has 0 bridgehead atoms. The van der Waals surface area contributed by atoms with Crippen molar-refractivity contribution >= 4 is 29.7 Å². The molecule has 71 heavy (non-hydrogen) atoms. The van der Waals surface area contributed by atoms with Gasteiger partial charge in [-0.1, -0.05) is 12.1 Å². The van der Waals surface area contributed by atoms with Crippen LogP contribution in [0.25, 0.3) is 22.3 Å². The van der Waals surface area contributed by atoms with Gasteiger partial charge in [-0.15, -0.1) is 0 Å². The molecule has 0 radical (unpaired) electrons. The van der Waals surface area contributed by atoms with Crippen molar-refractivity contribution in [1.29, 1.82) is 5.26 Å². The molecule has 0 aliphatic carbocycles. The molecule has 2 unspecified atom stereocenters. The number of carbonyl (C=O) groups is 5. The summed E-state index contributed by atoms with van der Waals surface area (Å²) in [5, 5.41) is 9.37. The van der Waals surface area contributed by atoms with E-state index in [0.29, 0.717) is 17.0 Å². The first kappa shape index (κ1) is 54.8. The fourth-order valence-electron chi connectivity index (χ4n) is 7.54. The summed E-state index contributed by atoms with van der Waals surface area (Å²) in [6.07, 6.45) is -9.23. The van der Waals surface area contributed by atoms with Gasteiger partial charge in [-0.2, -0.15) is 31.6 Å². The van der Waals surface area contributed by atoms with Crippen LogP contribution < -0.4 is 5.73 Å². The Bertz CT molecular complexity index is 2650. The van der Waals surface area contributed by atoms with Crippen LogP contribution in [0, 0.1) is 11.3 Å². The summed E-state index contributed by atoms with van der Waals surface area (Å²) in [5.74, 6) is -1.59. The molecule has 2 aliphatic heterocycles. The van der Waals surface area contributed by atoms with Crippen LogP contribution in [-0.2, 0) is 44.3 Å². The van der Waals surface area contributed by atoms with Gasteiger partial charge in [0.2, 0.25) is 0 Å². The molecule has 4 atom stereocenters. The van der Waals surface area contributed by atoms with Crippen molar-refractivity contribution in [2.24, 2.45) is 5.73 Å². The standard InChI is InChI=1S/C24H26F4N4O4.C24H24F4N4O3/c1-23(2,3)36-22(35)32-12-14(25)8-18(32)19(33)6-5-15-9-16(17(11-30-15)21(29)34)13-4-7-20(31-10-13)24(26,27)28;1-23(2,3)35-22(34)32-13-16(25)8-19(32)20(33)6-5-17-9-18(15(10-29)12-30-17)14-4-7-21(31-11-14)24(26,27)28/h4,7,9-11,14,18H,5-6,8,12H2,1-3H3,(H2,29,34);4,7,9,11-12,16,19H,5-6,8,13H2,1-3H3/t14-,18?;16-,19?/m11/s1. The van der Waals surface area contributed by atoms with Crippen LogP contribution in [0.15, 0.2) is 61.2 Å². The first-order valence-corrected chi connectivity index (χ1v) is 22.0. The maximum Gasteiger partial charge on any atom is 0.433 e. The Morgan fingerprint density at radius 2 is 1.06 bits per heavy atom. The van der Waals surface area contributed by atoms with E-state index in [4.69, 9.17) is 15.2 Å². The van der Waals surface area contributed by atoms with Gasteiger partial charge >= 0.3 is 24.5 Å². The summed E-state index contributed by atoms with van der Waals surface area (Å²) in [4.78, 5) is 79.7. The van der Waals surface area contributed by atoms with Crippen LogP contribution in [0.2, 0.25) is 0 Å². The van der Waals surface area contributed by atoms with E-state index in [1.54, 1.807) is 41.5 Å². The van der Waals surface area contributed by atoms with Crippen molar-refractivity contribution in [3.63, 3.8) is 0 Å². The summed E-state index contributed by atoms with van der Waals surface area (Å²) >= 11 is 0. The summed E-state index contributed by atoms with van der Waals surface area (Å²) in [7, 11) is 0. The summed E-state index contributed by atoms with van der Waals surface area (Å²) in [6.45, 7) is 9.52. The molecule has 2 N–H and O–H groups in total. The largest absolute Gasteiger partial charge is 0.444 e. The number of alkyl halides is 8. The maximum atomic E-state index is 14.1. The summed E-state index contributed by atoms with van der Waals surface area (Å²) in [5.41, 5.74) is 3.52. The second kappa shape index (κ2) is 21.9. The first-order valence-electron chi connectivity index (χ1n) is 22.0. The Labute approximate surface area is 402 Å². The molecule has 15 nitrogen and oxygen atoms in total. The summed E-state index contributed by atoms with van der Waals surface area (Å²) in [6, 6.07) is 6.90. The lowest BCUT2D eigenvalue weighted by Crippen LogP contribution is -2.43. The predicted octanol–water partition coefficient (Wildman–Crippen LogP) is 8.99. The van der Waals surface area contributed by atoms with Gasteiger partial charge in [0.05, 0.1) is 36.3 Å². The lowest BCUT2D eigenvalue weighted by Gasteiger charge is -2.27. The monoisotopic (exact) mass is 1000 g/mol. The number of pyridine rings is 4. The number of Topliss-reactive ketones (excluding diaryl/α,β-unsaturated/α-hetero) is 2. The number of likely N-dealkylation sites (tertiary alicyclic amines) is 2. The van der Waals surface area contributed by atoms with E-state index in [9.17, 15) is 64.4 Å². The van der Waals surface area contributed by atoms with Crippen LogP contribution in [0.5, 0.6) is 0 Å². The number of carbonyl (C=O) groups excluding carboxylic acids is 5. The Hall–Kier alpha value is -7.12. The molecule has 6 heterocycles. The Kier molecular flexibility index (Phi) is 16.9. The third-order valence-electron chi connectivity index (χ3n) is 10.8. The highest BCUT2D eigenvalue weighted by molar-refractivity contribution is 5.99. The molecule has 0 spiro atoms. The zero-order chi connectivity index (χ0) is 52.8. The second-order valence-electron chi connectivity index (χ2n) is 18.7. The molecule has 0 saturated carbocycles. The molecule has 0 aromatic carbocycles. The maximum absolute atomic E-state index is 14.1. The summed E-state index contributed by atoms with van der Waals surface area (Å²) < 4.78 is 116. The minimum atomic E-state index is -4.62. The van der Waals surface area contributed by atoms with Crippen molar-refractivity contribution in [1.82, 2.24) is 29.7 Å². The number of aromatic nitrogens is 4. The van der Waals surface area contributed by atoms with Crippen molar-refractivity contribution in [2.45, 2.75) is 128 Å². The van der Waals surface area contributed by atoms with Crippen LogP contribution >= 0.6 is 0 Å². The second-order valence-corrected chi connectivity index (χ2v) is 18.7. The fourth-order valence-corrected chi connectivity index (χ4v) is 7.54. The molecule has 380 valence electrons.